The lowest BCUT2D eigenvalue weighted by Crippen LogP contribution is -2.32. The van der Waals surface area contributed by atoms with Gasteiger partial charge in [0.1, 0.15) is 18.2 Å². The van der Waals surface area contributed by atoms with E-state index >= 15 is 0 Å². The summed E-state index contributed by atoms with van der Waals surface area (Å²) in [6.07, 6.45) is 3.55. The van der Waals surface area contributed by atoms with Gasteiger partial charge in [0.2, 0.25) is 0 Å². The first-order valence-corrected chi connectivity index (χ1v) is 6.08. The Bertz CT molecular complexity index is 593. The van der Waals surface area contributed by atoms with Gasteiger partial charge in [-0.25, -0.2) is 4.98 Å². The summed E-state index contributed by atoms with van der Waals surface area (Å²) in [4.78, 5) is 9.37. The molecule has 0 unspecified atom stereocenters. The van der Waals surface area contributed by atoms with Gasteiger partial charge in [-0.2, -0.15) is 0 Å². The molecule has 3 rings (SSSR count). The molecule has 4 N–H and O–H groups in total. The van der Waals surface area contributed by atoms with Crippen LogP contribution in [0.15, 0.2) is 30.7 Å². The van der Waals surface area contributed by atoms with Gasteiger partial charge >= 0.3 is 0 Å². The molecule has 1 aromatic heterocycles. The second-order valence-corrected chi connectivity index (χ2v) is 4.43. The Balaban J connectivity index is 1.93. The Kier molecular flexibility index (Phi) is 2.83. The van der Waals surface area contributed by atoms with E-state index in [4.69, 9.17) is 15.9 Å². The molecule has 0 amide bonds. The molecule has 6 nitrogen and oxygen atoms in total. The first-order valence-electron chi connectivity index (χ1n) is 6.08. The number of anilines is 1. The molecular weight excluding hydrogens is 242 g/mol. The summed E-state index contributed by atoms with van der Waals surface area (Å²) in [6, 6.07) is 5.56. The number of imidazole rings is 1. The molecule has 0 bridgehead atoms. The minimum Gasteiger partial charge on any atom is -0.490 e. The maximum atomic E-state index is 7.52. The Morgan fingerprint density at radius 1 is 1.53 bits per heavy atom. The van der Waals surface area contributed by atoms with Crippen molar-refractivity contribution in [2.24, 2.45) is 5.73 Å². The van der Waals surface area contributed by atoms with E-state index in [1.165, 1.54) is 0 Å². The highest BCUT2D eigenvalue weighted by Crippen LogP contribution is 2.33. The summed E-state index contributed by atoms with van der Waals surface area (Å²) in [5.74, 6) is 0.889. The second kappa shape index (κ2) is 4.64. The molecule has 19 heavy (non-hydrogen) atoms. The van der Waals surface area contributed by atoms with E-state index in [9.17, 15) is 0 Å². The van der Waals surface area contributed by atoms with E-state index in [0.29, 0.717) is 18.7 Å². The van der Waals surface area contributed by atoms with Gasteiger partial charge in [0.25, 0.3) is 0 Å². The van der Waals surface area contributed by atoms with Crippen molar-refractivity contribution < 1.29 is 4.74 Å². The van der Waals surface area contributed by atoms with E-state index < -0.39 is 0 Å². The zero-order valence-electron chi connectivity index (χ0n) is 10.4. The van der Waals surface area contributed by atoms with Crippen molar-refractivity contribution >= 4 is 11.5 Å². The zero-order chi connectivity index (χ0) is 13.2. The molecule has 1 aliphatic heterocycles. The predicted molar refractivity (Wildman–Crippen MR) is 72.6 cm³/mol. The molecule has 98 valence electrons. The number of hydrogen-bond donors (Lipinski definition) is 3. The highest BCUT2D eigenvalue weighted by Gasteiger charge is 2.19. The highest BCUT2D eigenvalue weighted by atomic mass is 16.5. The van der Waals surface area contributed by atoms with Crippen LogP contribution in [0.1, 0.15) is 11.3 Å². The van der Waals surface area contributed by atoms with Gasteiger partial charge in [0.15, 0.2) is 0 Å². The van der Waals surface area contributed by atoms with Crippen molar-refractivity contribution in [2.45, 2.75) is 6.54 Å². The number of hydrogen-bond acceptors (Lipinski definition) is 4. The molecule has 0 saturated carbocycles. The Morgan fingerprint density at radius 2 is 2.42 bits per heavy atom. The molecule has 1 aromatic carbocycles. The van der Waals surface area contributed by atoms with E-state index in [-0.39, 0.29) is 5.84 Å². The minimum absolute atomic E-state index is 0.0630. The fourth-order valence-corrected chi connectivity index (χ4v) is 2.18. The summed E-state index contributed by atoms with van der Waals surface area (Å²) < 4.78 is 5.63. The number of nitrogens with one attached hydrogen (secondary N) is 2. The van der Waals surface area contributed by atoms with Crippen molar-refractivity contribution in [3.63, 3.8) is 0 Å². The highest BCUT2D eigenvalue weighted by molar-refractivity contribution is 5.96. The van der Waals surface area contributed by atoms with Gasteiger partial charge in [-0.15, -0.1) is 0 Å². The maximum absolute atomic E-state index is 7.52. The number of ether oxygens (including phenoxy) is 1. The molecule has 1 aliphatic rings. The zero-order valence-corrected chi connectivity index (χ0v) is 10.4. The molecule has 2 aromatic rings. The smallest absolute Gasteiger partial charge is 0.142 e. The number of nitrogens with two attached hydrogens (primary N) is 1. The van der Waals surface area contributed by atoms with Gasteiger partial charge < -0.3 is 20.4 Å². The number of aromatic amines is 1. The molecule has 0 aliphatic carbocycles. The molecule has 0 radical (unpaired) electrons. The third kappa shape index (κ3) is 2.24. The standard InChI is InChI=1S/C13H15N5O/c14-13(15)9-1-2-12-11(5-9)18(3-4-19-12)7-10-6-16-8-17-10/h1-2,5-6,8H,3-4,7H2,(H3,14,15)(H,16,17). The van der Waals surface area contributed by atoms with Crippen LogP contribution in [0.5, 0.6) is 5.75 Å². The van der Waals surface area contributed by atoms with E-state index in [2.05, 4.69) is 14.9 Å². The van der Waals surface area contributed by atoms with Gasteiger partial charge in [0.05, 0.1) is 30.8 Å². The van der Waals surface area contributed by atoms with Crippen LogP contribution in [0.4, 0.5) is 5.69 Å². The van der Waals surface area contributed by atoms with Crippen LogP contribution in [0.3, 0.4) is 0 Å². The summed E-state index contributed by atoms with van der Waals surface area (Å²) in [7, 11) is 0. The summed E-state index contributed by atoms with van der Waals surface area (Å²) in [5, 5.41) is 7.52. The number of H-pyrrole nitrogens is 1. The number of nitrogen functional groups attached to an aromatic ring is 1. The number of amidine groups is 1. The lowest BCUT2D eigenvalue weighted by molar-refractivity contribution is 0.306. The normalized spacial score (nSPS) is 13.8. The van der Waals surface area contributed by atoms with Gasteiger partial charge in [0, 0.05) is 11.8 Å². The Morgan fingerprint density at radius 3 is 3.16 bits per heavy atom. The largest absolute Gasteiger partial charge is 0.490 e. The third-order valence-corrected chi connectivity index (χ3v) is 3.14. The first kappa shape index (κ1) is 11.6. The second-order valence-electron chi connectivity index (χ2n) is 4.43. The number of fused-ring (bicyclic) bond motifs is 1. The molecular formula is C13H15N5O. The van der Waals surface area contributed by atoms with Gasteiger partial charge in [-0.3, -0.25) is 5.41 Å². The van der Waals surface area contributed by atoms with Gasteiger partial charge in [-0.05, 0) is 18.2 Å². The molecule has 0 spiro atoms. The minimum atomic E-state index is 0.0630. The van der Waals surface area contributed by atoms with E-state index in [1.807, 2.05) is 18.3 Å². The van der Waals surface area contributed by atoms with Crippen LogP contribution in [0.25, 0.3) is 0 Å². The number of aromatic nitrogens is 2. The van der Waals surface area contributed by atoms with Crippen LogP contribution >= 0.6 is 0 Å². The topological polar surface area (TPSA) is 91.0 Å². The van der Waals surface area contributed by atoms with Crippen LogP contribution in [0.2, 0.25) is 0 Å². The van der Waals surface area contributed by atoms with Crippen LogP contribution in [-0.2, 0) is 6.54 Å². The monoisotopic (exact) mass is 257 g/mol. The molecule has 2 heterocycles. The fraction of sp³-hybridized carbons (Fsp3) is 0.231. The van der Waals surface area contributed by atoms with Crippen molar-refractivity contribution in [1.29, 1.82) is 5.41 Å². The van der Waals surface area contributed by atoms with Crippen LogP contribution in [-0.4, -0.2) is 29.0 Å². The van der Waals surface area contributed by atoms with Crippen molar-refractivity contribution in [3.05, 3.63) is 42.0 Å². The van der Waals surface area contributed by atoms with Crippen molar-refractivity contribution in [1.82, 2.24) is 9.97 Å². The van der Waals surface area contributed by atoms with Gasteiger partial charge in [-0.1, -0.05) is 0 Å². The fourth-order valence-electron chi connectivity index (χ4n) is 2.18. The molecule has 0 saturated heterocycles. The Labute approximate surface area is 110 Å². The van der Waals surface area contributed by atoms with Crippen LogP contribution in [0, 0.1) is 5.41 Å². The molecule has 0 fully saturated rings. The number of rotatable bonds is 3. The van der Waals surface area contributed by atoms with E-state index in [0.717, 1.165) is 23.7 Å². The van der Waals surface area contributed by atoms with E-state index in [1.54, 1.807) is 12.4 Å². The maximum Gasteiger partial charge on any atom is 0.142 e. The average Bonchev–Trinajstić information content (AvgIpc) is 2.91. The predicted octanol–water partition coefficient (Wildman–Crippen LogP) is 1.09. The average molecular weight is 257 g/mol. The number of benzene rings is 1. The van der Waals surface area contributed by atoms with Crippen molar-refractivity contribution in [2.75, 3.05) is 18.1 Å². The number of nitrogens with zero attached hydrogens (tertiary/aromatic N) is 2. The SMILES string of the molecule is N=C(N)c1ccc2c(c1)N(Cc1c[nH]cn1)CCO2. The first-order chi connectivity index (χ1) is 9.24. The molecule has 6 heteroatoms. The summed E-state index contributed by atoms with van der Waals surface area (Å²) in [5.41, 5.74) is 8.17. The van der Waals surface area contributed by atoms with Crippen LogP contribution < -0.4 is 15.4 Å². The summed E-state index contributed by atoms with van der Waals surface area (Å²) in [6.45, 7) is 2.15. The lowest BCUT2D eigenvalue weighted by Gasteiger charge is -2.31. The van der Waals surface area contributed by atoms with Crippen molar-refractivity contribution in [3.8, 4) is 5.75 Å². The quantitative estimate of drug-likeness (QED) is 0.567. The Hall–Kier alpha value is -2.50. The lowest BCUT2D eigenvalue weighted by atomic mass is 10.1. The third-order valence-electron chi connectivity index (χ3n) is 3.14. The molecule has 0 atom stereocenters. The summed E-state index contributed by atoms with van der Waals surface area (Å²) >= 11 is 0.